The minimum absolute atomic E-state index is 0.184. The van der Waals surface area contributed by atoms with Gasteiger partial charge in [-0.2, -0.15) is 0 Å². The second kappa shape index (κ2) is 7.39. The lowest BCUT2D eigenvalue weighted by molar-refractivity contribution is 0.253. The van der Waals surface area contributed by atoms with Crippen LogP contribution in [0.5, 0.6) is 0 Å². The van der Waals surface area contributed by atoms with E-state index in [-0.39, 0.29) is 5.54 Å². The summed E-state index contributed by atoms with van der Waals surface area (Å²) in [5.41, 5.74) is 13.4. The van der Waals surface area contributed by atoms with Gasteiger partial charge < -0.3 is 10.2 Å². The molecular weight excluding hydrogens is 396 g/mol. The number of nitrogens with two attached hydrogens (primary N) is 1. The Morgan fingerprint density at radius 3 is 2.28 bits per heavy atom. The third-order valence-electron chi connectivity index (χ3n) is 6.39. The molecule has 0 spiro atoms. The molecule has 0 amide bonds. The lowest BCUT2D eigenvalue weighted by atomic mass is 9.72. The molecule has 6 rings (SSSR count). The molecule has 0 unspecified atom stereocenters. The SMILES string of the molecule is NC1(c2ccc(-c3oc4ncc(-c5cccnc5)nc4c3-c3ccccc3)cc2)CCC1. The first-order valence-electron chi connectivity index (χ1n) is 10.9. The molecular formula is C27H22N4O. The Morgan fingerprint density at radius 1 is 0.812 bits per heavy atom. The van der Waals surface area contributed by atoms with Crippen molar-refractivity contribution in [1.29, 1.82) is 0 Å². The van der Waals surface area contributed by atoms with E-state index in [1.807, 2.05) is 30.3 Å². The molecule has 2 aromatic carbocycles. The van der Waals surface area contributed by atoms with Crippen molar-refractivity contribution < 1.29 is 4.42 Å². The number of furan rings is 1. The van der Waals surface area contributed by atoms with Crippen LogP contribution in [0.2, 0.25) is 0 Å². The van der Waals surface area contributed by atoms with Gasteiger partial charge in [0.1, 0.15) is 11.3 Å². The number of rotatable bonds is 4. The van der Waals surface area contributed by atoms with Crippen LogP contribution in [0.4, 0.5) is 0 Å². The van der Waals surface area contributed by atoms with Gasteiger partial charge in [0.15, 0.2) is 0 Å². The molecule has 0 saturated heterocycles. The summed E-state index contributed by atoms with van der Waals surface area (Å²) >= 11 is 0. The molecule has 5 heteroatoms. The lowest BCUT2D eigenvalue weighted by Crippen LogP contribution is -2.43. The van der Waals surface area contributed by atoms with E-state index in [2.05, 4.69) is 46.4 Å². The maximum absolute atomic E-state index is 6.52. The molecule has 2 N–H and O–H groups in total. The molecule has 0 atom stereocenters. The Hall–Kier alpha value is -3.83. The number of hydrogen-bond donors (Lipinski definition) is 1. The number of aromatic nitrogens is 3. The van der Waals surface area contributed by atoms with Gasteiger partial charge in [-0.1, -0.05) is 54.6 Å². The quantitative estimate of drug-likeness (QED) is 0.390. The summed E-state index contributed by atoms with van der Waals surface area (Å²) in [7, 11) is 0. The normalized spacial score (nSPS) is 14.9. The Kier molecular flexibility index (Phi) is 4.37. The van der Waals surface area contributed by atoms with Crippen LogP contribution in [-0.2, 0) is 5.54 Å². The van der Waals surface area contributed by atoms with Crippen LogP contribution in [0.3, 0.4) is 0 Å². The smallest absolute Gasteiger partial charge is 0.246 e. The fourth-order valence-corrected chi connectivity index (χ4v) is 4.40. The first-order chi connectivity index (χ1) is 15.7. The second-order valence-corrected chi connectivity index (χ2v) is 8.41. The molecule has 3 aromatic heterocycles. The highest BCUT2D eigenvalue weighted by Crippen LogP contribution is 2.42. The number of fused-ring (bicyclic) bond motifs is 1. The summed E-state index contributed by atoms with van der Waals surface area (Å²) in [4.78, 5) is 13.7. The first kappa shape index (κ1) is 18.9. The van der Waals surface area contributed by atoms with Crippen molar-refractivity contribution >= 4 is 11.2 Å². The molecule has 1 fully saturated rings. The maximum atomic E-state index is 6.52. The molecule has 1 aliphatic carbocycles. The van der Waals surface area contributed by atoms with Crippen molar-refractivity contribution in [2.45, 2.75) is 24.8 Å². The van der Waals surface area contributed by atoms with E-state index in [9.17, 15) is 0 Å². The highest BCUT2D eigenvalue weighted by atomic mass is 16.3. The van der Waals surface area contributed by atoms with Crippen LogP contribution in [0.15, 0.2) is 89.7 Å². The van der Waals surface area contributed by atoms with Crippen LogP contribution in [0.1, 0.15) is 24.8 Å². The van der Waals surface area contributed by atoms with Crippen molar-refractivity contribution in [3.05, 3.63) is 90.9 Å². The lowest BCUT2D eigenvalue weighted by Gasteiger charge is -2.38. The van der Waals surface area contributed by atoms with E-state index in [0.717, 1.165) is 52.1 Å². The topological polar surface area (TPSA) is 77.8 Å². The maximum Gasteiger partial charge on any atom is 0.246 e. The molecule has 0 radical (unpaired) electrons. The van der Waals surface area contributed by atoms with Gasteiger partial charge in [0, 0.05) is 29.1 Å². The Bertz CT molecular complexity index is 1390. The van der Waals surface area contributed by atoms with E-state index in [1.165, 1.54) is 12.0 Å². The number of benzene rings is 2. The van der Waals surface area contributed by atoms with Crippen molar-refractivity contribution in [3.63, 3.8) is 0 Å². The summed E-state index contributed by atoms with van der Waals surface area (Å²) < 4.78 is 6.28. The Labute approximate surface area is 186 Å². The zero-order chi connectivity index (χ0) is 21.5. The third kappa shape index (κ3) is 3.10. The molecule has 5 aromatic rings. The number of pyridine rings is 1. The van der Waals surface area contributed by atoms with Gasteiger partial charge in [-0.25, -0.2) is 9.97 Å². The average Bonchev–Trinajstić information content (AvgIpc) is 3.22. The van der Waals surface area contributed by atoms with Crippen LogP contribution in [0.25, 0.3) is 44.9 Å². The zero-order valence-electron chi connectivity index (χ0n) is 17.5. The van der Waals surface area contributed by atoms with Crippen LogP contribution >= 0.6 is 0 Å². The predicted molar refractivity (Wildman–Crippen MR) is 126 cm³/mol. The molecule has 1 aliphatic rings. The molecule has 156 valence electrons. The van der Waals surface area contributed by atoms with Crippen molar-refractivity contribution in [1.82, 2.24) is 15.0 Å². The predicted octanol–water partition coefficient (Wildman–Crippen LogP) is 5.96. The number of hydrogen-bond acceptors (Lipinski definition) is 5. The van der Waals surface area contributed by atoms with Crippen LogP contribution in [-0.4, -0.2) is 15.0 Å². The monoisotopic (exact) mass is 418 g/mol. The van der Waals surface area contributed by atoms with Gasteiger partial charge in [0.05, 0.1) is 17.5 Å². The fourth-order valence-electron chi connectivity index (χ4n) is 4.40. The van der Waals surface area contributed by atoms with Crippen LogP contribution in [0, 0.1) is 0 Å². The molecule has 32 heavy (non-hydrogen) atoms. The van der Waals surface area contributed by atoms with Gasteiger partial charge in [-0.05, 0) is 42.5 Å². The van der Waals surface area contributed by atoms with Gasteiger partial charge in [0.2, 0.25) is 5.71 Å². The van der Waals surface area contributed by atoms with E-state index >= 15 is 0 Å². The van der Waals surface area contributed by atoms with Crippen LogP contribution < -0.4 is 5.73 Å². The average molecular weight is 419 g/mol. The van der Waals surface area contributed by atoms with Gasteiger partial charge in [-0.15, -0.1) is 0 Å². The van der Waals surface area contributed by atoms with E-state index < -0.39 is 0 Å². The van der Waals surface area contributed by atoms with E-state index in [1.54, 1.807) is 18.6 Å². The van der Waals surface area contributed by atoms with E-state index in [4.69, 9.17) is 15.1 Å². The largest absolute Gasteiger partial charge is 0.436 e. The Morgan fingerprint density at radius 2 is 1.59 bits per heavy atom. The highest BCUT2D eigenvalue weighted by Gasteiger charge is 2.34. The van der Waals surface area contributed by atoms with Crippen molar-refractivity contribution in [2.75, 3.05) is 0 Å². The second-order valence-electron chi connectivity index (χ2n) is 8.41. The minimum atomic E-state index is -0.184. The summed E-state index contributed by atoms with van der Waals surface area (Å²) in [6.07, 6.45) is 8.55. The van der Waals surface area contributed by atoms with Gasteiger partial charge >= 0.3 is 0 Å². The van der Waals surface area contributed by atoms with Crippen molar-refractivity contribution in [3.8, 4) is 33.7 Å². The summed E-state index contributed by atoms with van der Waals surface area (Å²) in [6, 6.07) is 22.5. The summed E-state index contributed by atoms with van der Waals surface area (Å²) in [5.74, 6) is 0.765. The minimum Gasteiger partial charge on any atom is -0.436 e. The molecule has 0 aliphatic heterocycles. The molecule has 5 nitrogen and oxygen atoms in total. The summed E-state index contributed by atoms with van der Waals surface area (Å²) in [6.45, 7) is 0. The fraction of sp³-hybridized carbons (Fsp3) is 0.148. The third-order valence-corrected chi connectivity index (χ3v) is 6.39. The van der Waals surface area contributed by atoms with Gasteiger partial charge in [-0.3, -0.25) is 4.98 Å². The summed E-state index contributed by atoms with van der Waals surface area (Å²) in [5, 5.41) is 0. The zero-order valence-corrected chi connectivity index (χ0v) is 17.5. The molecule has 3 heterocycles. The van der Waals surface area contributed by atoms with E-state index in [0.29, 0.717) is 5.71 Å². The first-order valence-corrected chi connectivity index (χ1v) is 10.9. The number of nitrogens with zero attached hydrogens (tertiary/aromatic N) is 3. The molecule has 1 saturated carbocycles. The molecule has 0 bridgehead atoms. The Balaban J connectivity index is 1.53. The van der Waals surface area contributed by atoms with Crippen molar-refractivity contribution in [2.24, 2.45) is 5.73 Å². The standard InChI is InChI=1S/C27H22N4O/c28-27(13-5-14-27)21-11-9-19(10-12-21)25-23(18-6-2-1-3-7-18)24-26(32-25)30-17-22(31-24)20-8-4-15-29-16-20/h1-4,6-12,15-17H,5,13-14,28H2. The highest BCUT2D eigenvalue weighted by molar-refractivity contribution is 5.98. The van der Waals surface area contributed by atoms with Gasteiger partial charge in [0.25, 0.3) is 0 Å².